The molecule has 0 saturated heterocycles. The van der Waals surface area contributed by atoms with Gasteiger partial charge in [0.05, 0.1) is 17.1 Å². The lowest BCUT2D eigenvalue weighted by Crippen LogP contribution is -2.27. The topological polar surface area (TPSA) is 14.2 Å². The Morgan fingerprint density at radius 1 is 0.766 bits per heavy atom. The van der Waals surface area contributed by atoms with Gasteiger partial charge in [0, 0.05) is 32.3 Å². The van der Waals surface area contributed by atoms with E-state index in [0.717, 1.165) is 73.8 Å². The third kappa shape index (κ3) is 5.68. The summed E-state index contributed by atoms with van der Waals surface area (Å²) in [6.07, 6.45) is 18.9. The van der Waals surface area contributed by atoms with Gasteiger partial charge in [0.1, 0.15) is 5.75 Å². The highest BCUT2D eigenvalue weighted by Gasteiger charge is 2.23. The molecule has 0 N–H and O–H groups in total. The van der Waals surface area contributed by atoms with Crippen molar-refractivity contribution in [2.45, 2.75) is 26.7 Å². The monoisotopic (exact) mass is 627 g/mol. The molecule has 1 aliphatic carbocycles. The molecule has 3 heteroatoms. The molecule has 0 saturated carbocycles. The smallest absolute Gasteiger partial charge is 0.142 e. The second-order valence-electron chi connectivity index (χ2n) is 11.4. The summed E-state index contributed by atoms with van der Waals surface area (Å²) in [7, 11) is 0. The molecule has 0 amide bonds. The van der Waals surface area contributed by atoms with E-state index in [0.29, 0.717) is 0 Å². The first-order valence-corrected chi connectivity index (χ1v) is 17.1. The van der Waals surface area contributed by atoms with E-state index in [2.05, 4.69) is 133 Å². The van der Waals surface area contributed by atoms with Crippen molar-refractivity contribution in [3.8, 4) is 33.7 Å². The fourth-order valence-electron chi connectivity index (χ4n) is 6.42. The SMILES string of the molecule is C=C1/C=C\C=C/Oc2c1cccc2-c1cccc(-c2cccc(-n3/c(=C/C=C4\SC5=C4C=CCC5)c(=C)c4ccccc43)c2)c1.CC. The predicted molar refractivity (Wildman–Crippen MR) is 204 cm³/mol. The van der Waals surface area contributed by atoms with Gasteiger partial charge in [-0.1, -0.05) is 130 Å². The second-order valence-corrected chi connectivity index (χ2v) is 12.6. The van der Waals surface area contributed by atoms with Gasteiger partial charge in [-0.2, -0.15) is 0 Å². The van der Waals surface area contributed by atoms with E-state index in [1.807, 2.05) is 43.8 Å². The number of benzene rings is 4. The van der Waals surface area contributed by atoms with Crippen molar-refractivity contribution in [3.05, 3.63) is 172 Å². The van der Waals surface area contributed by atoms with Crippen LogP contribution in [0, 0.1) is 0 Å². The molecule has 3 aliphatic rings. The zero-order chi connectivity index (χ0) is 32.3. The van der Waals surface area contributed by atoms with Crippen LogP contribution in [-0.4, -0.2) is 4.57 Å². The predicted octanol–water partition coefficient (Wildman–Crippen LogP) is 10.9. The molecule has 4 aromatic carbocycles. The van der Waals surface area contributed by atoms with Crippen molar-refractivity contribution in [3.63, 3.8) is 0 Å². The molecule has 0 radical (unpaired) electrons. The van der Waals surface area contributed by atoms with Crippen LogP contribution in [0.3, 0.4) is 0 Å². The Balaban J connectivity index is 0.00000172. The highest BCUT2D eigenvalue weighted by molar-refractivity contribution is 8.08. The van der Waals surface area contributed by atoms with Crippen LogP contribution in [0.4, 0.5) is 0 Å². The lowest BCUT2D eigenvalue weighted by atomic mass is 9.94. The maximum atomic E-state index is 6.13. The second kappa shape index (κ2) is 13.2. The minimum Gasteiger partial charge on any atom is -0.464 e. The summed E-state index contributed by atoms with van der Waals surface area (Å²) in [6, 6.07) is 32.3. The van der Waals surface area contributed by atoms with E-state index in [1.165, 1.54) is 20.8 Å². The summed E-state index contributed by atoms with van der Waals surface area (Å²) in [5.74, 6) is 0.821. The van der Waals surface area contributed by atoms with Gasteiger partial charge in [0.15, 0.2) is 0 Å². The van der Waals surface area contributed by atoms with Crippen molar-refractivity contribution in [1.82, 2.24) is 4.57 Å². The van der Waals surface area contributed by atoms with Crippen LogP contribution >= 0.6 is 11.8 Å². The van der Waals surface area contributed by atoms with Crippen molar-refractivity contribution in [1.29, 1.82) is 0 Å². The first-order chi connectivity index (χ1) is 23.2. The number of para-hydroxylation sites is 2. The first-order valence-electron chi connectivity index (χ1n) is 16.3. The summed E-state index contributed by atoms with van der Waals surface area (Å²) in [4.78, 5) is 2.84. The highest BCUT2D eigenvalue weighted by Crippen LogP contribution is 2.49. The average Bonchev–Trinajstić information content (AvgIpc) is 3.39. The quantitative estimate of drug-likeness (QED) is 0.197. The maximum Gasteiger partial charge on any atom is 0.142 e. The van der Waals surface area contributed by atoms with E-state index in [1.54, 1.807) is 6.26 Å². The molecule has 0 atom stereocenters. The fraction of sp³-hybridized carbons (Fsp3) is 0.0909. The van der Waals surface area contributed by atoms with Crippen LogP contribution in [0.1, 0.15) is 32.3 Å². The van der Waals surface area contributed by atoms with Crippen LogP contribution < -0.4 is 15.3 Å². The minimum atomic E-state index is 0.821. The van der Waals surface area contributed by atoms with E-state index in [-0.39, 0.29) is 0 Å². The molecule has 2 nitrogen and oxygen atoms in total. The zero-order valence-corrected chi connectivity index (χ0v) is 27.7. The van der Waals surface area contributed by atoms with Gasteiger partial charge < -0.3 is 9.30 Å². The molecule has 1 aromatic heterocycles. The summed E-state index contributed by atoms with van der Waals surface area (Å²) in [6.45, 7) is 12.8. The molecular weight excluding hydrogens is 591 g/mol. The average molecular weight is 628 g/mol. The number of nitrogens with zero attached hydrogens (tertiary/aromatic N) is 1. The van der Waals surface area contributed by atoms with Crippen LogP contribution in [0.2, 0.25) is 0 Å². The Bertz CT molecular complexity index is 2310. The lowest BCUT2D eigenvalue weighted by molar-refractivity contribution is 0.481. The van der Waals surface area contributed by atoms with Crippen LogP contribution in [0.5, 0.6) is 5.75 Å². The van der Waals surface area contributed by atoms with Gasteiger partial charge in [-0.25, -0.2) is 0 Å². The molecule has 0 unspecified atom stereocenters. The number of aromatic nitrogens is 1. The van der Waals surface area contributed by atoms with E-state index in [4.69, 9.17) is 4.74 Å². The minimum absolute atomic E-state index is 0.821. The Morgan fingerprint density at radius 2 is 1.53 bits per heavy atom. The molecular formula is C44H37NOS. The maximum absolute atomic E-state index is 6.13. The molecule has 0 spiro atoms. The van der Waals surface area contributed by atoms with Crippen LogP contribution in [0.15, 0.2) is 156 Å². The Kier molecular flexibility index (Phi) is 8.56. The molecule has 8 rings (SSSR count). The number of hydrogen-bond donors (Lipinski definition) is 0. The first kappa shape index (κ1) is 30.4. The Hall–Kier alpha value is -5.25. The Morgan fingerprint density at radius 3 is 2.40 bits per heavy atom. The summed E-state index contributed by atoms with van der Waals surface area (Å²) in [5.41, 5.74) is 9.99. The van der Waals surface area contributed by atoms with Crippen LogP contribution in [-0.2, 0) is 0 Å². The summed E-state index contributed by atoms with van der Waals surface area (Å²) < 4.78 is 8.47. The van der Waals surface area contributed by atoms with Crippen LogP contribution in [0.25, 0.3) is 57.1 Å². The van der Waals surface area contributed by atoms with Crippen molar-refractivity contribution >= 4 is 40.9 Å². The largest absolute Gasteiger partial charge is 0.464 e. The summed E-state index contributed by atoms with van der Waals surface area (Å²) >= 11 is 1.91. The molecule has 5 aromatic rings. The lowest BCUT2D eigenvalue weighted by Gasteiger charge is -2.26. The van der Waals surface area contributed by atoms with Gasteiger partial charge >= 0.3 is 0 Å². The fourth-order valence-corrected chi connectivity index (χ4v) is 7.48. The molecule has 47 heavy (non-hydrogen) atoms. The van der Waals surface area contributed by atoms with Gasteiger partial charge in [-0.05, 0) is 88.1 Å². The molecule has 2 aliphatic heterocycles. The molecule has 0 bridgehead atoms. The van der Waals surface area contributed by atoms with E-state index in [9.17, 15) is 0 Å². The van der Waals surface area contributed by atoms with Gasteiger partial charge in [0.25, 0.3) is 0 Å². The third-order valence-corrected chi connectivity index (χ3v) is 9.93. The van der Waals surface area contributed by atoms with Crippen molar-refractivity contribution < 1.29 is 4.74 Å². The third-order valence-electron chi connectivity index (χ3n) is 8.68. The number of allylic oxidation sites excluding steroid dienone is 9. The number of thioether (sulfide) groups is 1. The summed E-state index contributed by atoms with van der Waals surface area (Å²) in [5, 5.41) is 3.31. The molecule has 3 heterocycles. The Labute approximate surface area is 281 Å². The van der Waals surface area contributed by atoms with Gasteiger partial charge in [0.2, 0.25) is 0 Å². The van der Waals surface area contributed by atoms with Crippen molar-refractivity contribution in [2.24, 2.45) is 0 Å². The van der Waals surface area contributed by atoms with E-state index >= 15 is 0 Å². The van der Waals surface area contributed by atoms with Gasteiger partial charge in [-0.3, -0.25) is 0 Å². The number of fused-ring (bicyclic) bond motifs is 2. The zero-order valence-electron chi connectivity index (χ0n) is 26.9. The number of rotatable bonds is 4. The van der Waals surface area contributed by atoms with Gasteiger partial charge in [-0.15, -0.1) is 0 Å². The number of ether oxygens (including phenoxy) is 1. The van der Waals surface area contributed by atoms with Crippen molar-refractivity contribution in [2.75, 3.05) is 0 Å². The molecule has 0 fully saturated rings. The normalized spacial score (nSPS) is 17.5. The standard InChI is InChI=1S/C42H31NOS.C2H6/c1-28-12-7-8-25-44-42-34(28)19-11-20-36(42)32-15-9-13-30(26-32)31-14-10-16-33(27-31)43-38(29(2)35-17-3-5-21-39(35)43)23-24-41-37-18-4-6-22-40(37)45-41;1-2/h3-5,7-21,23-27H,1-2,6,22H2;1-2H3/b12-7-,25-8-,38-23+,41-24-;. The highest BCUT2D eigenvalue weighted by atomic mass is 32.2. The molecule has 230 valence electrons. The van der Waals surface area contributed by atoms with E-state index < -0.39 is 0 Å². The number of hydrogen-bond acceptors (Lipinski definition) is 2.